The lowest BCUT2D eigenvalue weighted by Crippen LogP contribution is -2.44. The van der Waals surface area contributed by atoms with E-state index < -0.39 is 0 Å². The van der Waals surface area contributed by atoms with Gasteiger partial charge >= 0.3 is 0 Å². The van der Waals surface area contributed by atoms with Crippen LogP contribution in [0.15, 0.2) is 24.3 Å². The number of rotatable bonds is 3. The molecule has 20 heavy (non-hydrogen) atoms. The number of hydrogen-bond donors (Lipinski definition) is 1. The Balaban J connectivity index is 2.11. The van der Waals surface area contributed by atoms with Crippen LogP contribution in [0.3, 0.4) is 0 Å². The molecular weight excluding hydrogens is 266 g/mol. The van der Waals surface area contributed by atoms with Crippen molar-refractivity contribution in [1.29, 1.82) is 0 Å². The SMILES string of the molecule is CC1SCCN(Cc2ccccc2C#CCCO)C1C. The zero-order valence-corrected chi connectivity index (χ0v) is 13.1. The van der Waals surface area contributed by atoms with E-state index in [2.05, 4.69) is 60.5 Å². The molecule has 1 fully saturated rings. The molecule has 0 radical (unpaired) electrons. The molecule has 3 heteroatoms. The Morgan fingerprint density at radius 3 is 2.95 bits per heavy atom. The second-order valence-corrected chi connectivity index (χ2v) is 6.70. The van der Waals surface area contributed by atoms with Crippen LogP contribution in [0.25, 0.3) is 0 Å². The van der Waals surface area contributed by atoms with Gasteiger partial charge in [0.25, 0.3) is 0 Å². The average molecular weight is 289 g/mol. The van der Waals surface area contributed by atoms with E-state index in [1.165, 1.54) is 11.3 Å². The largest absolute Gasteiger partial charge is 0.395 e. The molecule has 1 aromatic carbocycles. The minimum Gasteiger partial charge on any atom is -0.395 e. The standard InChI is InChI=1S/C17H23NOS/c1-14-15(2)20-12-10-18(14)13-17-9-4-3-7-16(17)8-5-6-11-19/h3-4,7,9,14-15,19H,6,10-13H2,1-2H3. The normalized spacial score (nSPS) is 23.1. The summed E-state index contributed by atoms with van der Waals surface area (Å²) in [6.07, 6.45) is 0.544. The Bertz CT molecular complexity index is 491. The lowest BCUT2D eigenvalue weighted by molar-refractivity contribution is 0.204. The fourth-order valence-electron chi connectivity index (χ4n) is 2.43. The van der Waals surface area contributed by atoms with Crippen LogP contribution in [0.4, 0.5) is 0 Å². The molecule has 2 atom stereocenters. The zero-order chi connectivity index (χ0) is 14.4. The molecule has 1 N–H and O–H groups in total. The fourth-order valence-corrected chi connectivity index (χ4v) is 3.59. The highest BCUT2D eigenvalue weighted by Gasteiger charge is 2.25. The number of nitrogens with zero attached hydrogens (tertiary/aromatic N) is 1. The molecule has 2 nitrogen and oxygen atoms in total. The summed E-state index contributed by atoms with van der Waals surface area (Å²) in [4.78, 5) is 2.55. The van der Waals surface area contributed by atoms with Crippen LogP contribution >= 0.6 is 11.8 Å². The van der Waals surface area contributed by atoms with Crippen molar-refractivity contribution in [3.63, 3.8) is 0 Å². The maximum Gasteiger partial charge on any atom is 0.0540 e. The first kappa shape index (κ1) is 15.4. The highest BCUT2D eigenvalue weighted by molar-refractivity contribution is 8.00. The number of aliphatic hydroxyl groups is 1. The molecular formula is C17H23NOS. The van der Waals surface area contributed by atoms with Crippen molar-refractivity contribution >= 4 is 11.8 Å². The molecule has 108 valence electrons. The first-order valence-corrected chi connectivity index (χ1v) is 8.30. The Kier molecular flexibility index (Phi) is 5.97. The molecule has 1 aromatic rings. The van der Waals surface area contributed by atoms with Crippen LogP contribution in [0.5, 0.6) is 0 Å². The molecule has 0 saturated carbocycles. The van der Waals surface area contributed by atoms with Crippen LogP contribution in [-0.4, -0.2) is 40.2 Å². The molecule has 2 rings (SSSR count). The molecule has 1 saturated heterocycles. The van der Waals surface area contributed by atoms with Crippen LogP contribution in [-0.2, 0) is 6.54 Å². The number of thioether (sulfide) groups is 1. The predicted octanol–water partition coefficient (Wildman–Crippen LogP) is 2.75. The Labute approximate surface area is 126 Å². The summed E-state index contributed by atoms with van der Waals surface area (Å²) in [6, 6.07) is 8.96. The summed E-state index contributed by atoms with van der Waals surface area (Å²) in [5, 5.41) is 9.52. The highest BCUT2D eigenvalue weighted by Crippen LogP contribution is 2.26. The van der Waals surface area contributed by atoms with E-state index in [0.717, 1.165) is 18.7 Å². The van der Waals surface area contributed by atoms with Crippen molar-refractivity contribution in [3.8, 4) is 11.8 Å². The van der Waals surface area contributed by atoms with Crippen molar-refractivity contribution in [2.24, 2.45) is 0 Å². The van der Waals surface area contributed by atoms with Gasteiger partial charge in [0.2, 0.25) is 0 Å². The lowest BCUT2D eigenvalue weighted by atomic mass is 10.1. The summed E-state index contributed by atoms with van der Waals surface area (Å²) in [5.74, 6) is 7.43. The van der Waals surface area contributed by atoms with Gasteiger partial charge in [-0.15, -0.1) is 0 Å². The summed E-state index contributed by atoms with van der Waals surface area (Å²) >= 11 is 2.06. The molecule has 0 spiro atoms. The third kappa shape index (κ3) is 4.02. The molecule has 0 bridgehead atoms. The van der Waals surface area contributed by atoms with Gasteiger partial charge in [-0.05, 0) is 18.6 Å². The minimum atomic E-state index is 0.132. The van der Waals surface area contributed by atoms with Crippen LogP contribution in [0.1, 0.15) is 31.4 Å². The Morgan fingerprint density at radius 2 is 2.15 bits per heavy atom. The van der Waals surface area contributed by atoms with E-state index in [0.29, 0.717) is 17.7 Å². The predicted molar refractivity (Wildman–Crippen MR) is 86.8 cm³/mol. The van der Waals surface area contributed by atoms with E-state index >= 15 is 0 Å². The van der Waals surface area contributed by atoms with Crippen LogP contribution in [0, 0.1) is 11.8 Å². The molecule has 0 aromatic heterocycles. The first-order chi connectivity index (χ1) is 9.72. The van der Waals surface area contributed by atoms with Gasteiger partial charge in [0.15, 0.2) is 0 Å². The van der Waals surface area contributed by atoms with Crippen molar-refractivity contribution < 1.29 is 5.11 Å². The zero-order valence-electron chi connectivity index (χ0n) is 12.3. The average Bonchev–Trinajstić information content (AvgIpc) is 2.46. The second kappa shape index (κ2) is 7.73. The smallest absolute Gasteiger partial charge is 0.0540 e. The van der Waals surface area contributed by atoms with Gasteiger partial charge < -0.3 is 5.11 Å². The lowest BCUT2D eigenvalue weighted by Gasteiger charge is -2.37. The number of aliphatic hydroxyl groups excluding tert-OH is 1. The van der Waals surface area contributed by atoms with Crippen molar-refractivity contribution in [3.05, 3.63) is 35.4 Å². The van der Waals surface area contributed by atoms with E-state index in [1.54, 1.807) is 0 Å². The number of benzene rings is 1. The monoisotopic (exact) mass is 289 g/mol. The summed E-state index contributed by atoms with van der Waals surface area (Å²) in [6.45, 7) is 6.88. The van der Waals surface area contributed by atoms with E-state index in [1.807, 2.05) is 6.07 Å². The molecule has 1 aliphatic heterocycles. The van der Waals surface area contributed by atoms with E-state index in [4.69, 9.17) is 5.11 Å². The summed E-state index contributed by atoms with van der Waals surface area (Å²) < 4.78 is 0. The molecule has 0 aliphatic carbocycles. The van der Waals surface area contributed by atoms with Gasteiger partial charge in [0, 0.05) is 42.1 Å². The molecule has 1 heterocycles. The fraction of sp³-hybridized carbons (Fsp3) is 0.529. The van der Waals surface area contributed by atoms with E-state index in [9.17, 15) is 0 Å². The van der Waals surface area contributed by atoms with Crippen LogP contribution in [0.2, 0.25) is 0 Å². The van der Waals surface area contributed by atoms with Gasteiger partial charge in [-0.1, -0.05) is 37.0 Å². The highest BCUT2D eigenvalue weighted by atomic mass is 32.2. The summed E-state index contributed by atoms with van der Waals surface area (Å²) in [5.41, 5.74) is 2.39. The van der Waals surface area contributed by atoms with Gasteiger partial charge in [-0.3, -0.25) is 4.90 Å². The quantitative estimate of drug-likeness (QED) is 0.866. The Hall–Kier alpha value is -0.950. The molecule has 0 amide bonds. The maximum atomic E-state index is 8.83. The van der Waals surface area contributed by atoms with E-state index in [-0.39, 0.29) is 6.61 Å². The van der Waals surface area contributed by atoms with Crippen LogP contribution < -0.4 is 0 Å². The minimum absolute atomic E-state index is 0.132. The topological polar surface area (TPSA) is 23.5 Å². The summed E-state index contributed by atoms with van der Waals surface area (Å²) in [7, 11) is 0. The maximum absolute atomic E-state index is 8.83. The van der Waals surface area contributed by atoms with Gasteiger partial charge in [-0.25, -0.2) is 0 Å². The Morgan fingerprint density at radius 1 is 1.35 bits per heavy atom. The second-order valence-electron chi connectivity index (χ2n) is 5.22. The van der Waals surface area contributed by atoms with Crippen molar-refractivity contribution in [2.45, 2.75) is 38.1 Å². The number of hydrogen-bond acceptors (Lipinski definition) is 3. The molecule has 1 aliphatic rings. The van der Waals surface area contributed by atoms with Crippen molar-refractivity contribution in [2.75, 3.05) is 18.9 Å². The van der Waals surface area contributed by atoms with Crippen molar-refractivity contribution in [1.82, 2.24) is 4.90 Å². The molecule has 2 unspecified atom stereocenters. The third-order valence-corrected chi connectivity index (χ3v) is 5.20. The first-order valence-electron chi connectivity index (χ1n) is 7.25. The third-order valence-electron chi connectivity index (χ3n) is 3.87. The van der Waals surface area contributed by atoms with Gasteiger partial charge in [0.1, 0.15) is 0 Å². The van der Waals surface area contributed by atoms with Gasteiger partial charge in [-0.2, -0.15) is 11.8 Å². The van der Waals surface area contributed by atoms with Gasteiger partial charge in [0.05, 0.1) is 6.61 Å².